The summed E-state index contributed by atoms with van der Waals surface area (Å²) in [6.07, 6.45) is 0.900. The molecule has 0 bridgehead atoms. The summed E-state index contributed by atoms with van der Waals surface area (Å²) < 4.78 is 1.97. The summed E-state index contributed by atoms with van der Waals surface area (Å²) in [5.74, 6) is 0.641. The standard InChI is InChI=1S/C26H34N6O.HI/c1-6-18(2)30-25(33)22-12-9-10-21(15-22)16-28-26(27-5)29-17-23-11-7-8-13-24(23)32-20(4)14-19(3)31-32;/h7-15,18H,6,16-17H2,1-5H3,(H,30,33)(H2,27,28,29);1H. The molecule has 1 atom stereocenters. The van der Waals surface area contributed by atoms with Crippen LogP contribution in [0.25, 0.3) is 5.69 Å². The number of carbonyl (C=O) groups excluding carboxylic acids is 1. The Morgan fingerprint density at radius 1 is 1.06 bits per heavy atom. The number of guanidine groups is 1. The van der Waals surface area contributed by atoms with Gasteiger partial charge in [0, 0.05) is 37.4 Å². The van der Waals surface area contributed by atoms with Crippen LogP contribution in [0, 0.1) is 13.8 Å². The highest BCUT2D eigenvalue weighted by atomic mass is 127. The maximum Gasteiger partial charge on any atom is 0.251 e. The third-order valence-electron chi connectivity index (χ3n) is 5.54. The number of aromatic nitrogens is 2. The summed E-state index contributed by atoms with van der Waals surface area (Å²) in [4.78, 5) is 16.8. The number of carbonyl (C=O) groups is 1. The molecule has 182 valence electrons. The van der Waals surface area contributed by atoms with Crippen molar-refractivity contribution in [2.45, 2.75) is 53.2 Å². The molecule has 2 aromatic carbocycles. The number of benzene rings is 2. The van der Waals surface area contributed by atoms with Crippen LogP contribution in [-0.2, 0) is 13.1 Å². The van der Waals surface area contributed by atoms with Crippen LogP contribution < -0.4 is 16.0 Å². The first-order valence-corrected chi connectivity index (χ1v) is 11.4. The SMILES string of the molecule is CCC(C)NC(=O)c1cccc(CNC(=NC)NCc2ccccc2-n2nc(C)cc2C)c1.I. The fourth-order valence-electron chi connectivity index (χ4n) is 3.56. The van der Waals surface area contributed by atoms with E-state index in [4.69, 9.17) is 0 Å². The number of nitrogens with one attached hydrogen (secondary N) is 3. The minimum Gasteiger partial charge on any atom is -0.352 e. The lowest BCUT2D eigenvalue weighted by molar-refractivity contribution is 0.0939. The van der Waals surface area contributed by atoms with Gasteiger partial charge in [-0.2, -0.15) is 5.10 Å². The Balaban J connectivity index is 0.00000408. The summed E-state index contributed by atoms with van der Waals surface area (Å²) in [6, 6.07) is 18.1. The number of para-hydroxylation sites is 1. The molecule has 3 N–H and O–H groups in total. The van der Waals surface area contributed by atoms with Crippen LogP contribution in [0.15, 0.2) is 59.6 Å². The second kappa shape index (κ2) is 13.1. The van der Waals surface area contributed by atoms with Crippen LogP contribution >= 0.6 is 24.0 Å². The van der Waals surface area contributed by atoms with Gasteiger partial charge in [-0.1, -0.05) is 37.3 Å². The highest BCUT2D eigenvalue weighted by Crippen LogP contribution is 2.17. The van der Waals surface area contributed by atoms with Gasteiger partial charge in [0.1, 0.15) is 0 Å². The molecule has 0 saturated heterocycles. The molecule has 1 unspecified atom stereocenters. The van der Waals surface area contributed by atoms with Crippen LogP contribution in [-0.4, -0.2) is 34.7 Å². The van der Waals surface area contributed by atoms with Crippen molar-refractivity contribution >= 4 is 35.8 Å². The van der Waals surface area contributed by atoms with E-state index in [2.05, 4.69) is 58.1 Å². The third-order valence-corrected chi connectivity index (χ3v) is 5.54. The molecule has 3 rings (SSSR count). The Morgan fingerprint density at radius 3 is 2.47 bits per heavy atom. The number of amides is 1. The molecule has 1 heterocycles. The van der Waals surface area contributed by atoms with Crippen molar-refractivity contribution in [3.8, 4) is 5.69 Å². The molecular weight excluding hydrogens is 539 g/mol. The maximum absolute atomic E-state index is 12.4. The van der Waals surface area contributed by atoms with E-state index in [0.29, 0.717) is 24.6 Å². The molecule has 34 heavy (non-hydrogen) atoms. The summed E-state index contributed by atoms with van der Waals surface area (Å²) >= 11 is 0. The maximum atomic E-state index is 12.4. The van der Waals surface area contributed by atoms with Gasteiger partial charge in [-0.3, -0.25) is 9.79 Å². The Morgan fingerprint density at radius 2 is 1.79 bits per heavy atom. The van der Waals surface area contributed by atoms with Crippen molar-refractivity contribution in [3.05, 3.63) is 82.7 Å². The molecule has 0 aliphatic heterocycles. The van der Waals surface area contributed by atoms with Gasteiger partial charge in [0.25, 0.3) is 5.91 Å². The number of aliphatic imine (C=N–C) groups is 1. The molecule has 0 spiro atoms. The van der Waals surface area contributed by atoms with Gasteiger partial charge in [0.2, 0.25) is 0 Å². The van der Waals surface area contributed by atoms with Gasteiger partial charge in [-0.05, 0) is 62.6 Å². The minimum absolute atomic E-state index is 0. The van der Waals surface area contributed by atoms with Gasteiger partial charge in [0.05, 0.1) is 11.4 Å². The molecule has 1 aromatic heterocycles. The zero-order valence-electron chi connectivity index (χ0n) is 20.6. The van der Waals surface area contributed by atoms with Gasteiger partial charge in [0.15, 0.2) is 5.96 Å². The second-order valence-electron chi connectivity index (χ2n) is 8.23. The van der Waals surface area contributed by atoms with E-state index in [0.717, 1.165) is 34.6 Å². The highest BCUT2D eigenvalue weighted by Gasteiger charge is 2.11. The summed E-state index contributed by atoms with van der Waals surface area (Å²) in [6.45, 7) is 9.28. The van der Waals surface area contributed by atoms with Crippen LogP contribution in [0.3, 0.4) is 0 Å². The van der Waals surface area contributed by atoms with E-state index in [1.165, 1.54) is 0 Å². The lowest BCUT2D eigenvalue weighted by atomic mass is 10.1. The molecule has 0 aliphatic carbocycles. The van der Waals surface area contributed by atoms with Crippen molar-refractivity contribution in [2.75, 3.05) is 7.05 Å². The molecule has 3 aromatic rings. The normalized spacial score (nSPS) is 12.0. The lowest BCUT2D eigenvalue weighted by Crippen LogP contribution is -2.36. The monoisotopic (exact) mass is 574 g/mol. The van der Waals surface area contributed by atoms with Crippen LogP contribution in [0.2, 0.25) is 0 Å². The van der Waals surface area contributed by atoms with Gasteiger partial charge >= 0.3 is 0 Å². The number of rotatable bonds is 8. The van der Waals surface area contributed by atoms with Crippen molar-refractivity contribution < 1.29 is 4.79 Å². The molecular formula is C26H35IN6O. The zero-order chi connectivity index (χ0) is 23.8. The first-order chi connectivity index (χ1) is 15.9. The van der Waals surface area contributed by atoms with E-state index in [9.17, 15) is 4.79 Å². The van der Waals surface area contributed by atoms with Crippen LogP contribution in [0.4, 0.5) is 0 Å². The Hall–Kier alpha value is -2.88. The van der Waals surface area contributed by atoms with E-state index < -0.39 is 0 Å². The Bertz CT molecular complexity index is 1120. The van der Waals surface area contributed by atoms with Gasteiger partial charge in [-0.25, -0.2) is 4.68 Å². The highest BCUT2D eigenvalue weighted by molar-refractivity contribution is 14.0. The van der Waals surface area contributed by atoms with Crippen molar-refractivity contribution in [1.29, 1.82) is 0 Å². The van der Waals surface area contributed by atoms with Gasteiger partial charge in [-0.15, -0.1) is 24.0 Å². The first kappa shape index (κ1) is 27.4. The van der Waals surface area contributed by atoms with Crippen LogP contribution in [0.5, 0.6) is 0 Å². The lowest BCUT2D eigenvalue weighted by Gasteiger charge is -2.15. The molecule has 8 heteroatoms. The molecule has 0 saturated carbocycles. The number of hydrogen-bond donors (Lipinski definition) is 3. The fraction of sp³-hybridized carbons (Fsp3) is 0.346. The predicted octanol–water partition coefficient (Wildman–Crippen LogP) is 4.50. The molecule has 7 nitrogen and oxygen atoms in total. The molecule has 1 amide bonds. The summed E-state index contributed by atoms with van der Waals surface area (Å²) in [5.41, 5.74) is 5.93. The smallest absolute Gasteiger partial charge is 0.251 e. The average Bonchev–Trinajstić information content (AvgIpc) is 3.17. The fourth-order valence-corrected chi connectivity index (χ4v) is 3.56. The summed E-state index contributed by atoms with van der Waals surface area (Å²) in [7, 11) is 1.75. The molecule has 0 fully saturated rings. The van der Waals surface area contributed by atoms with Crippen LogP contribution in [0.1, 0.15) is 53.1 Å². The first-order valence-electron chi connectivity index (χ1n) is 11.4. The predicted molar refractivity (Wildman–Crippen MR) is 149 cm³/mol. The van der Waals surface area contributed by atoms with E-state index in [-0.39, 0.29) is 35.9 Å². The Kier molecular flexibility index (Phi) is 10.6. The second-order valence-corrected chi connectivity index (χ2v) is 8.23. The zero-order valence-corrected chi connectivity index (χ0v) is 22.9. The summed E-state index contributed by atoms with van der Waals surface area (Å²) in [5, 5.41) is 14.3. The number of halogens is 1. The number of aryl methyl sites for hydroxylation is 2. The Labute approximate surface area is 219 Å². The van der Waals surface area contributed by atoms with Crippen molar-refractivity contribution in [3.63, 3.8) is 0 Å². The average molecular weight is 575 g/mol. The van der Waals surface area contributed by atoms with Crippen molar-refractivity contribution in [1.82, 2.24) is 25.7 Å². The molecule has 0 aliphatic rings. The largest absolute Gasteiger partial charge is 0.352 e. The van der Waals surface area contributed by atoms with E-state index in [1.54, 1.807) is 7.05 Å². The van der Waals surface area contributed by atoms with Crippen molar-refractivity contribution in [2.24, 2.45) is 4.99 Å². The minimum atomic E-state index is -0.0468. The third kappa shape index (κ3) is 7.31. The van der Waals surface area contributed by atoms with Gasteiger partial charge < -0.3 is 16.0 Å². The van der Waals surface area contributed by atoms with E-state index in [1.807, 2.05) is 54.9 Å². The van der Waals surface area contributed by atoms with E-state index >= 15 is 0 Å². The topological polar surface area (TPSA) is 83.3 Å². The number of nitrogens with zero attached hydrogens (tertiary/aromatic N) is 3. The quantitative estimate of drug-likeness (QED) is 0.210. The molecule has 0 radical (unpaired) electrons. The number of hydrogen-bond acceptors (Lipinski definition) is 3.